The Morgan fingerprint density at radius 2 is 1.81 bits per heavy atom. The van der Waals surface area contributed by atoms with Crippen molar-refractivity contribution in [1.29, 1.82) is 0 Å². The first-order valence-corrected chi connectivity index (χ1v) is 7.87. The molecule has 0 saturated carbocycles. The van der Waals surface area contributed by atoms with Gasteiger partial charge in [0.25, 0.3) is 0 Å². The minimum atomic E-state index is -0.482. The Morgan fingerprint density at radius 3 is 2.29 bits per heavy atom. The summed E-state index contributed by atoms with van der Waals surface area (Å²) < 4.78 is 5.38. The Hall–Kier alpha value is -1.39. The molecule has 1 amide bonds. The summed E-state index contributed by atoms with van der Waals surface area (Å²) in [5.74, 6) is 0.0453. The summed E-state index contributed by atoms with van der Waals surface area (Å²) in [6, 6.07) is 6.21. The SMILES string of the molecule is CCc1cccc(CC)c1NC(=O)C1(CN)CCOCC1. The van der Waals surface area contributed by atoms with Crippen molar-refractivity contribution in [2.24, 2.45) is 11.1 Å². The van der Waals surface area contributed by atoms with Gasteiger partial charge in [-0.05, 0) is 36.8 Å². The van der Waals surface area contributed by atoms with Gasteiger partial charge in [0.05, 0.1) is 5.41 Å². The maximum atomic E-state index is 12.8. The maximum absolute atomic E-state index is 12.8. The molecule has 0 unspecified atom stereocenters. The van der Waals surface area contributed by atoms with E-state index in [1.807, 2.05) is 0 Å². The fraction of sp³-hybridized carbons (Fsp3) is 0.588. The van der Waals surface area contributed by atoms with Gasteiger partial charge >= 0.3 is 0 Å². The molecule has 0 bridgehead atoms. The molecule has 1 aromatic rings. The van der Waals surface area contributed by atoms with E-state index in [4.69, 9.17) is 10.5 Å². The third-order valence-electron chi connectivity index (χ3n) is 4.56. The molecule has 1 aliphatic rings. The standard InChI is InChI=1S/C17H26N2O2/c1-3-13-6-5-7-14(4-2)15(13)19-16(20)17(12-18)8-10-21-11-9-17/h5-7H,3-4,8-12,18H2,1-2H3,(H,19,20). The Balaban J connectivity index is 2.26. The van der Waals surface area contributed by atoms with Crippen LogP contribution >= 0.6 is 0 Å². The molecule has 0 aliphatic carbocycles. The second-order valence-electron chi connectivity index (χ2n) is 5.71. The maximum Gasteiger partial charge on any atom is 0.232 e. The van der Waals surface area contributed by atoms with E-state index in [2.05, 4.69) is 37.4 Å². The largest absolute Gasteiger partial charge is 0.381 e. The molecule has 0 spiro atoms. The van der Waals surface area contributed by atoms with Crippen LogP contribution in [0.3, 0.4) is 0 Å². The van der Waals surface area contributed by atoms with Gasteiger partial charge in [0, 0.05) is 25.4 Å². The van der Waals surface area contributed by atoms with Gasteiger partial charge in [-0.15, -0.1) is 0 Å². The van der Waals surface area contributed by atoms with Gasteiger partial charge in [0.1, 0.15) is 0 Å². The number of nitrogens with two attached hydrogens (primary N) is 1. The third-order valence-corrected chi connectivity index (χ3v) is 4.56. The summed E-state index contributed by atoms with van der Waals surface area (Å²) in [5.41, 5.74) is 8.78. The number of benzene rings is 1. The van der Waals surface area contributed by atoms with Crippen molar-refractivity contribution in [3.8, 4) is 0 Å². The van der Waals surface area contributed by atoms with Crippen molar-refractivity contribution in [3.63, 3.8) is 0 Å². The molecule has 116 valence electrons. The monoisotopic (exact) mass is 290 g/mol. The molecule has 4 nitrogen and oxygen atoms in total. The normalized spacial score (nSPS) is 17.5. The number of amides is 1. The molecule has 1 heterocycles. The average molecular weight is 290 g/mol. The quantitative estimate of drug-likeness (QED) is 0.875. The number of anilines is 1. The van der Waals surface area contributed by atoms with Crippen molar-refractivity contribution in [2.75, 3.05) is 25.1 Å². The predicted octanol–water partition coefficient (Wildman–Crippen LogP) is 2.51. The predicted molar refractivity (Wildman–Crippen MR) is 85.4 cm³/mol. The molecule has 21 heavy (non-hydrogen) atoms. The van der Waals surface area contributed by atoms with E-state index in [0.717, 1.165) is 18.5 Å². The lowest BCUT2D eigenvalue weighted by molar-refractivity contribution is -0.130. The van der Waals surface area contributed by atoms with Gasteiger partial charge in [-0.3, -0.25) is 4.79 Å². The molecule has 4 heteroatoms. The molecular weight excluding hydrogens is 264 g/mol. The van der Waals surface area contributed by atoms with E-state index in [-0.39, 0.29) is 5.91 Å². The molecule has 2 rings (SSSR count). The second kappa shape index (κ2) is 7.05. The number of ether oxygens (including phenoxy) is 1. The van der Waals surface area contributed by atoms with Crippen LogP contribution in [0.2, 0.25) is 0 Å². The molecule has 1 fully saturated rings. The summed E-state index contributed by atoms with van der Waals surface area (Å²) in [6.07, 6.45) is 3.21. The topological polar surface area (TPSA) is 64.4 Å². The van der Waals surface area contributed by atoms with Gasteiger partial charge in [0.2, 0.25) is 5.91 Å². The smallest absolute Gasteiger partial charge is 0.232 e. The number of para-hydroxylation sites is 1. The lowest BCUT2D eigenvalue weighted by Gasteiger charge is -2.35. The molecule has 0 atom stereocenters. The van der Waals surface area contributed by atoms with Crippen molar-refractivity contribution >= 4 is 11.6 Å². The Kier molecular flexibility index (Phi) is 5.37. The van der Waals surface area contributed by atoms with Crippen LogP contribution in [0.1, 0.15) is 37.8 Å². The molecule has 1 aromatic carbocycles. The average Bonchev–Trinajstić information content (AvgIpc) is 2.55. The first-order valence-electron chi connectivity index (χ1n) is 7.87. The number of carbonyl (C=O) groups excluding carboxylic acids is 1. The van der Waals surface area contributed by atoms with Gasteiger partial charge in [0.15, 0.2) is 0 Å². The zero-order chi connectivity index (χ0) is 15.3. The molecule has 0 aromatic heterocycles. The Labute approximate surface area is 127 Å². The molecule has 0 radical (unpaired) electrons. The van der Waals surface area contributed by atoms with Crippen LogP contribution in [0.4, 0.5) is 5.69 Å². The van der Waals surface area contributed by atoms with Gasteiger partial charge in [-0.2, -0.15) is 0 Å². The first kappa shape index (κ1) is 16.0. The highest BCUT2D eigenvalue weighted by Crippen LogP contribution is 2.32. The lowest BCUT2D eigenvalue weighted by atomic mass is 9.79. The molecule has 3 N–H and O–H groups in total. The summed E-state index contributed by atoms with van der Waals surface area (Å²) >= 11 is 0. The fourth-order valence-electron chi connectivity index (χ4n) is 2.94. The lowest BCUT2D eigenvalue weighted by Crippen LogP contribution is -2.46. The first-order chi connectivity index (χ1) is 10.2. The number of nitrogens with one attached hydrogen (secondary N) is 1. The minimum absolute atomic E-state index is 0.0453. The Morgan fingerprint density at radius 1 is 1.24 bits per heavy atom. The van der Waals surface area contributed by atoms with Crippen LogP contribution in [0.5, 0.6) is 0 Å². The van der Waals surface area contributed by atoms with E-state index < -0.39 is 5.41 Å². The molecular formula is C17H26N2O2. The van der Waals surface area contributed by atoms with Gasteiger partial charge < -0.3 is 15.8 Å². The summed E-state index contributed by atoms with van der Waals surface area (Å²) in [7, 11) is 0. The number of carbonyl (C=O) groups is 1. The van der Waals surface area contributed by atoms with Crippen molar-refractivity contribution in [2.45, 2.75) is 39.5 Å². The zero-order valence-electron chi connectivity index (χ0n) is 13.1. The van der Waals surface area contributed by atoms with Crippen molar-refractivity contribution in [1.82, 2.24) is 0 Å². The van der Waals surface area contributed by atoms with E-state index in [0.29, 0.717) is 32.6 Å². The number of hydrogen-bond donors (Lipinski definition) is 2. The highest BCUT2D eigenvalue weighted by Gasteiger charge is 2.39. The van der Waals surface area contributed by atoms with Gasteiger partial charge in [-0.25, -0.2) is 0 Å². The highest BCUT2D eigenvalue weighted by atomic mass is 16.5. The third kappa shape index (κ3) is 3.27. The molecule has 1 aliphatic heterocycles. The number of hydrogen-bond acceptors (Lipinski definition) is 3. The van der Waals surface area contributed by atoms with Crippen LogP contribution < -0.4 is 11.1 Å². The highest BCUT2D eigenvalue weighted by molar-refractivity contribution is 5.97. The summed E-state index contributed by atoms with van der Waals surface area (Å²) in [6.45, 7) is 5.81. The van der Waals surface area contributed by atoms with Crippen LogP contribution in [0.25, 0.3) is 0 Å². The van der Waals surface area contributed by atoms with Crippen molar-refractivity contribution in [3.05, 3.63) is 29.3 Å². The van der Waals surface area contributed by atoms with E-state index in [1.165, 1.54) is 11.1 Å². The Bertz CT molecular complexity index is 471. The fourth-order valence-corrected chi connectivity index (χ4v) is 2.94. The van der Waals surface area contributed by atoms with E-state index in [9.17, 15) is 4.79 Å². The minimum Gasteiger partial charge on any atom is -0.381 e. The number of aryl methyl sites for hydroxylation is 2. The van der Waals surface area contributed by atoms with E-state index in [1.54, 1.807) is 0 Å². The second-order valence-corrected chi connectivity index (χ2v) is 5.71. The summed E-state index contributed by atoms with van der Waals surface area (Å²) in [4.78, 5) is 12.8. The van der Waals surface area contributed by atoms with Gasteiger partial charge in [-0.1, -0.05) is 32.0 Å². The van der Waals surface area contributed by atoms with Crippen LogP contribution in [-0.2, 0) is 22.4 Å². The summed E-state index contributed by atoms with van der Waals surface area (Å²) in [5, 5.41) is 3.17. The van der Waals surface area contributed by atoms with E-state index >= 15 is 0 Å². The van der Waals surface area contributed by atoms with Crippen LogP contribution in [-0.4, -0.2) is 25.7 Å². The van der Waals surface area contributed by atoms with Crippen LogP contribution in [0, 0.1) is 5.41 Å². The number of rotatable bonds is 5. The van der Waals surface area contributed by atoms with Crippen LogP contribution in [0.15, 0.2) is 18.2 Å². The zero-order valence-corrected chi connectivity index (χ0v) is 13.1. The van der Waals surface area contributed by atoms with Crippen molar-refractivity contribution < 1.29 is 9.53 Å². The molecule has 1 saturated heterocycles.